The molecule has 0 aliphatic heterocycles. The summed E-state index contributed by atoms with van der Waals surface area (Å²) in [6.07, 6.45) is -0.0955. The zero-order valence-corrected chi connectivity index (χ0v) is 18.6. The molecule has 0 fully saturated rings. The molecule has 1 atom stereocenters. The van der Waals surface area contributed by atoms with E-state index in [2.05, 4.69) is 5.32 Å². The molecular weight excluding hydrogens is 387 g/mol. The van der Waals surface area contributed by atoms with Crippen LogP contribution in [0.4, 0.5) is 10.5 Å². The van der Waals surface area contributed by atoms with Gasteiger partial charge in [-0.05, 0) is 58.1 Å². The van der Waals surface area contributed by atoms with Crippen molar-refractivity contribution in [3.05, 3.63) is 24.3 Å². The molecule has 0 spiro atoms. The first-order valence-corrected chi connectivity index (χ1v) is 11.9. The number of benzene rings is 1. The molecule has 1 aromatic carbocycles. The quantitative estimate of drug-likeness (QED) is 0.414. The smallest absolute Gasteiger partial charge is 0.431 e. The Morgan fingerprint density at radius 2 is 1.78 bits per heavy atom. The molecule has 27 heavy (non-hydrogen) atoms. The standard InChI is InChI=1S/C18H31N2O5PS/c1-7-17(26(27,22-8-2)23-9-3)20(25-18(21)19-6)15-12-10-11-13-16(15)24-14(4)5/h10-14,17H,7-9H2,1-6H3,(H,19,21). The lowest BCUT2D eigenvalue weighted by atomic mass is 10.2. The lowest BCUT2D eigenvalue weighted by Crippen LogP contribution is -2.40. The van der Waals surface area contributed by atoms with Crippen LogP contribution in [0.1, 0.15) is 41.0 Å². The van der Waals surface area contributed by atoms with Crippen LogP contribution in [-0.2, 0) is 25.7 Å². The first-order chi connectivity index (χ1) is 12.8. The van der Waals surface area contributed by atoms with E-state index in [9.17, 15) is 4.79 Å². The number of anilines is 1. The summed E-state index contributed by atoms with van der Waals surface area (Å²) in [5.41, 5.74) is 0.593. The van der Waals surface area contributed by atoms with Gasteiger partial charge < -0.3 is 23.9 Å². The predicted molar refractivity (Wildman–Crippen MR) is 112 cm³/mol. The minimum atomic E-state index is -2.77. The SMILES string of the molecule is CCOP(=S)(OCC)C(CC)N(OC(=O)NC)c1ccccc1OC(C)C. The van der Waals surface area contributed by atoms with Gasteiger partial charge in [0.2, 0.25) is 6.49 Å². The molecule has 1 aromatic rings. The van der Waals surface area contributed by atoms with Gasteiger partial charge in [-0.2, -0.15) is 5.06 Å². The molecule has 0 radical (unpaired) electrons. The minimum absolute atomic E-state index is 0.0464. The molecule has 0 aliphatic rings. The normalized spacial score (nSPS) is 12.6. The van der Waals surface area contributed by atoms with Gasteiger partial charge >= 0.3 is 6.09 Å². The van der Waals surface area contributed by atoms with Crippen LogP contribution >= 0.6 is 6.49 Å². The number of nitrogens with zero attached hydrogens (tertiary/aromatic N) is 1. The van der Waals surface area contributed by atoms with Crippen LogP contribution in [-0.4, -0.2) is 38.2 Å². The zero-order chi connectivity index (χ0) is 20.4. The molecular formula is C18H31N2O5PS. The van der Waals surface area contributed by atoms with Gasteiger partial charge in [-0.3, -0.25) is 0 Å². The maximum Gasteiger partial charge on any atom is 0.431 e. The van der Waals surface area contributed by atoms with E-state index in [1.54, 1.807) is 0 Å². The monoisotopic (exact) mass is 418 g/mol. The molecule has 0 saturated heterocycles. The highest BCUT2D eigenvalue weighted by Gasteiger charge is 2.38. The number of para-hydroxylation sites is 2. The molecule has 0 heterocycles. The fourth-order valence-corrected chi connectivity index (χ4v) is 5.84. The number of hydrogen-bond acceptors (Lipinski definition) is 7. The average molecular weight is 418 g/mol. The number of carbonyl (C=O) groups is 1. The predicted octanol–water partition coefficient (Wildman–Crippen LogP) is 4.67. The third kappa shape index (κ3) is 6.64. The molecule has 1 rings (SSSR count). The molecule has 1 unspecified atom stereocenters. The van der Waals surface area contributed by atoms with Crippen LogP contribution in [0.25, 0.3) is 0 Å². The highest BCUT2D eigenvalue weighted by Crippen LogP contribution is 2.57. The molecule has 0 bridgehead atoms. The van der Waals surface area contributed by atoms with Gasteiger partial charge in [-0.1, -0.05) is 19.1 Å². The lowest BCUT2D eigenvalue weighted by Gasteiger charge is -2.37. The van der Waals surface area contributed by atoms with E-state index >= 15 is 0 Å². The molecule has 0 aliphatic carbocycles. The second-order valence-corrected chi connectivity index (χ2v) is 9.57. The summed E-state index contributed by atoms with van der Waals surface area (Å²) in [6.45, 7) is 7.60. The second-order valence-electron chi connectivity index (χ2n) is 5.85. The van der Waals surface area contributed by atoms with Crippen molar-refractivity contribution in [2.75, 3.05) is 25.3 Å². The number of rotatable bonds is 11. The Morgan fingerprint density at radius 1 is 1.19 bits per heavy atom. The summed E-state index contributed by atoms with van der Waals surface area (Å²) < 4.78 is 17.7. The Balaban J connectivity index is 3.46. The van der Waals surface area contributed by atoms with Crippen molar-refractivity contribution in [3.63, 3.8) is 0 Å². The summed E-state index contributed by atoms with van der Waals surface area (Å²) in [7, 11) is 1.50. The highest BCUT2D eigenvalue weighted by molar-refractivity contribution is 8.10. The number of hydrogen-bond donors (Lipinski definition) is 1. The first kappa shape index (κ1) is 23.7. The maximum atomic E-state index is 12.1. The van der Waals surface area contributed by atoms with E-state index in [0.29, 0.717) is 31.1 Å². The lowest BCUT2D eigenvalue weighted by molar-refractivity contribution is 0.123. The fourth-order valence-electron chi connectivity index (χ4n) is 2.49. The Hall–Kier alpha value is -1.34. The van der Waals surface area contributed by atoms with Gasteiger partial charge in [-0.15, -0.1) is 0 Å². The largest absolute Gasteiger partial charge is 0.489 e. The molecule has 9 heteroatoms. The van der Waals surface area contributed by atoms with Crippen LogP contribution in [0, 0.1) is 0 Å². The van der Waals surface area contributed by atoms with Crippen LogP contribution < -0.4 is 15.1 Å². The number of ether oxygens (including phenoxy) is 1. The van der Waals surface area contributed by atoms with Gasteiger partial charge in [-0.25, -0.2) is 4.79 Å². The molecule has 7 nitrogen and oxygen atoms in total. The molecule has 0 aromatic heterocycles. The average Bonchev–Trinajstić information content (AvgIpc) is 2.61. The zero-order valence-electron chi connectivity index (χ0n) is 16.9. The van der Waals surface area contributed by atoms with Gasteiger partial charge in [0.05, 0.1) is 19.3 Å². The van der Waals surface area contributed by atoms with Crippen LogP contribution in [0.5, 0.6) is 5.75 Å². The molecule has 154 valence electrons. The number of carbonyl (C=O) groups excluding carboxylic acids is 1. The summed E-state index contributed by atoms with van der Waals surface area (Å²) in [4.78, 5) is 17.7. The maximum absolute atomic E-state index is 12.1. The van der Waals surface area contributed by atoms with Crippen LogP contribution in [0.3, 0.4) is 0 Å². The number of hydroxylamine groups is 1. The van der Waals surface area contributed by atoms with Crippen molar-refractivity contribution in [1.82, 2.24) is 5.32 Å². The van der Waals surface area contributed by atoms with E-state index in [1.165, 1.54) is 12.1 Å². The minimum Gasteiger partial charge on any atom is -0.489 e. The number of nitrogens with one attached hydrogen (secondary N) is 1. The van der Waals surface area contributed by atoms with Gasteiger partial charge in [0.1, 0.15) is 17.2 Å². The fraction of sp³-hybridized carbons (Fsp3) is 0.611. The summed E-state index contributed by atoms with van der Waals surface area (Å²) >= 11 is 5.79. The third-order valence-electron chi connectivity index (χ3n) is 3.47. The second kappa shape index (κ2) is 11.5. The van der Waals surface area contributed by atoms with Crippen LogP contribution in [0.2, 0.25) is 0 Å². The van der Waals surface area contributed by atoms with E-state index in [4.69, 9.17) is 30.4 Å². The summed E-state index contributed by atoms with van der Waals surface area (Å²) in [5, 5.41) is 3.95. The van der Waals surface area contributed by atoms with Gasteiger partial charge in [0.15, 0.2) is 0 Å². The molecule has 1 amide bonds. The van der Waals surface area contributed by atoms with Crippen molar-refractivity contribution in [2.45, 2.75) is 52.9 Å². The van der Waals surface area contributed by atoms with Crippen LogP contribution in [0.15, 0.2) is 24.3 Å². The van der Waals surface area contributed by atoms with Crippen molar-refractivity contribution in [3.8, 4) is 5.75 Å². The van der Waals surface area contributed by atoms with Gasteiger partial charge in [0.25, 0.3) is 0 Å². The Labute approximate surface area is 167 Å². The van der Waals surface area contributed by atoms with E-state index in [-0.39, 0.29) is 6.10 Å². The molecule has 0 saturated carbocycles. The summed E-state index contributed by atoms with van der Waals surface area (Å²) in [6, 6.07) is 7.36. The van der Waals surface area contributed by atoms with Crippen molar-refractivity contribution in [1.29, 1.82) is 0 Å². The van der Waals surface area contributed by atoms with E-state index in [1.807, 2.05) is 58.9 Å². The molecule has 1 N–H and O–H groups in total. The third-order valence-corrected chi connectivity index (χ3v) is 7.37. The Kier molecular flexibility index (Phi) is 10.1. The van der Waals surface area contributed by atoms with E-state index < -0.39 is 18.4 Å². The Bertz CT molecular complexity index is 634. The summed E-state index contributed by atoms with van der Waals surface area (Å²) in [5.74, 6) is 0.117. The van der Waals surface area contributed by atoms with Crippen molar-refractivity contribution in [2.24, 2.45) is 0 Å². The van der Waals surface area contributed by atoms with Crippen molar-refractivity contribution >= 4 is 30.1 Å². The Morgan fingerprint density at radius 3 is 2.26 bits per heavy atom. The highest BCUT2D eigenvalue weighted by atomic mass is 32.5. The number of amides is 1. The van der Waals surface area contributed by atoms with Gasteiger partial charge in [0, 0.05) is 7.05 Å². The first-order valence-electron chi connectivity index (χ1n) is 9.16. The van der Waals surface area contributed by atoms with E-state index in [0.717, 1.165) is 0 Å². The topological polar surface area (TPSA) is 69.3 Å². The van der Waals surface area contributed by atoms with Crippen molar-refractivity contribution < 1.29 is 23.4 Å².